The van der Waals surface area contributed by atoms with Crippen LogP contribution in [0.25, 0.3) is 11.3 Å². The molecule has 0 saturated carbocycles. The minimum atomic E-state index is -4.57. The Morgan fingerprint density at radius 1 is 0.920 bits per heavy atom. The fourth-order valence-corrected chi connectivity index (χ4v) is 2.81. The van der Waals surface area contributed by atoms with Gasteiger partial charge in [0.25, 0.3) is 5.56 Å². The fourth-order valence-electron chi connectivity index (χ4n) is 2.54. The van der Waals surface area contributed by atoms with E-state index in [1.165, 1.54) is 4.57 Å². The lowest BCUT2D eigenvalue weighted by molar-refractivity contribution is -0.137. The summed E-state index contributed by atoms with van der Waals surface area (Å²) in [5.74, 6) is 0. The van der Waals surface area contributed by atoms with E-state index in [1.54, 1.807) is 30.3 Å². The minimum Gasteiger partial charge on any atom is -0.304 e. The van der Waals surface area contributed by atoms with Gasteiger partial charge >= 0.3 is 6.18 Å². The van der Waals surface area contributed by atoms with Crippen LogP contribution in [0.1, 0.15) is 11.1 Å². The number of alkyl halides is 3. The molecule has 0 amide bonds. The van der Waals surface area contributed by atoms with Crippen molar-refractivity contribution in [2.75, 3.05) is 0 Å². The summed E-state index contributed by atoms with van der Waals surface area (Å²) in [6.07, 6.45) is -4.57. The molecule has 0 unspecified atom stereocenters. The van der Waals surface area contributed by atoms with E-state index < -0.39 is 17.3 Å². The molecule has 0 bridgehead atoms. The molecule has 0 atom stereocenters. The molecule has 0 aliphatic heterocycles. The molecule has 0 aliphatic carbocycles. The van der Waals surface area contributed by atoms with Crippen LogP contribution in [0.2, 0.25) is 0 Å². The summed E-state index contributed by atoms with van der Waals surface area (Å²) < 4.78 is 41.6. The maximum absolute atomic E-state index is 13.1. The highest BCUT2D eigenvalue weighted by Gasteiger charge is 2.32. The predicted octanol–water partition coefficient (Wildman–Crippen LogP) is 5.34. The van der Waals surface area contributed by atoms with E-state index in [4.69, 9.17) is 0 Å². The second-order valence-electron chi connectivity index (χ2n) is 5.54. The number of rotatable bonds is 3. The summed E-state index contributed by atoms with van der Waals surface area (Å²) in [5, 5.41) is 0. The summed E-state index contributed by atoms with van der Waals surface area (Å²) >= 11 is 3.33. The summed E-state index contributed by atoms with van der Waals surface area (Å²) in [7, 11) is 0. The topological polar surface area (TPSA) is 22.0 Å². The molecule has 6 heteroatoms. The van der Waals surface area contributed by atoms with Crippen molar-refractivity contribution in [3.8, 4) is 11.3 Å². The van der Waals surface area contributed by atoms with Crippen LogP contribution in [-0.2, 0) is 12.7 Å². The van der Waals surface area contributed by atoms with Crippen molar-refractivity contribution in [1.29, 1.82) is 0 Å². The fraction of sp³-hybridized carbons (Fsp3) is 0.105. The monoisotopic (exact) mass is 407 g/mol. The Balaban J connectivity index is 2.16. The molecular weight excluding hydrogens is 395 g/mol. The lowest BCUT2D eigenvalue weighted by Crippen LogP contribution is -2.24. The van der Waals surface area contributed by atoms with Gasteiger partial charge in [-0.1, -0.05) is 58.4 Å². The van der Waals surface area contributed by atoms with Crippen LogP contribution in [0.4, 0.5) is 13.2 Å². The Morgan fingerprint density at radius 3 is 2.16 bits per heavy atom. The van der Waals surface area contributed by atoms with Gasteiger partial charge in [-0.15, -0.1) is 0 Å². The second kappa shape index (κ2) is 6.88. The van der Waals surface area contributed by atoms with E-state index in [0.29, 0.717) is 11.6 Å². The summed E-state index contributed by atoms with van der Waals surface area (Å²) in [6, 6.07) is 17.6. The highest BCUT2D eigenvalue weighted by molar-refractivity contribution is 9.10. The van der Waals surface area contributed by atoms with Crippen molar-refractivity contribution >= 4 is 15.9 Å². The van der Waals surface area contributed by atoms with Crippen LogP contribution in [0, 0.1) is 0 Å². The number of nitrogens with zero attached hydrogens (tertiary/aromatic N) is 1. The Labute approximate surface area is 150 Å². The molecule has 25 heavy (non-hydrogen) atoms. The minimum absolute atomic E-state index is 0.189. The molecular formula is C19H13BrF3NO. The van der Waals surface area contributed by atoms with Gasteiger partial charge in [0, 0.05) is 10.5 Å². The predicted molar refractivity (Wildman–Crippen MR) is 94.4 cm³/mol. The second-order valence-corrected chi connectivity index (χ2v) is 6.46. The van der Waals surface area contributed by atoms with Gasteiger partial charge < -0.3 is 4.57 Å². The first-order valence-electron chi connectivity index (χ1n) is 7.46. The highest BCUT2D eigenvalue weighted by Crippen LogP contribution is 2.31. The van der Waals surface area contributed by atoms with Crippen LogP contribution in [0.15, 0.2) is 76.0 Å². The van der Waals surface area contributed by atoms with Crippen molar-refractivity contribution in [2.24, 2.45) is 0 Å². The SMILES string of the molecule is O=c1cc(C(F)(F)F)cc(-c2ccccc2)n1Cc1ccc(Br)cc1. The molecule has 0 spiro atoms. The zero-order valence-corrected chi connectivity index (χ0v) is 14.5. The molecule has 1 heterocycles. The van der Waals surface area contributed by atoms with E-state index in [-0.39, 0.29) is 12.2 Å². The number of benzene rings is 2. The number of hydrogen-bond acceptors (Lipinski definition) is 1. The average Bonchev–Trinajstić information content (AvgIpc) is 2.58. The van der Waals surface area contributed by atoms with Gasteiger partial charge in [0.1, 0.15) is 0 Å². The molecule has 3 aromatic rings. The number of hydrogen-bond donors (Lipinski definition) is 0. The van der Waals surface area contributed by atoms with Crippen LogP contribution in [-0.4, -0.2) is 4.57 Å². The van der Waals surface area contributed by atoms with Crippen molar-refractivity contribution < 1.29 is 13.2 Å². The van der Waals surface area contributed by atoms with E-state index >= 15 is 0 Å². The van der Waals surface area contributed by atoms with Crippen molar-refractivity contribution in [2.45, 2.75) is 12.7 Å². The first-order chi connectivity index (χ1) is 11.8. The van der Waals surface area contributed by atoms with Crippen molar-refractivity contribution in [1.82, 2.24) is 4.57 Å². The lowest BCUT2D eigenvalue weighted by Gasteiger charge is -2.16. The average molecular weight is 408 g/mol. The maximum atomic E-state index is 13.1. The zero-order chi connectivity index (χ0) is 18.0. The van der Waals surface area contributed by atoms with Gasteiger partial charge in [0.2, 0.25) is 0 Å². The third-order valence-corrected chi connectivity index (χ3v) is 4.31. The summed E-state index contributed by atoms with van der Waals surface area (Å²) in [4.78, 5) is 12.4. The van der Waals surface area contributed by atoms with Crippen LogP contribution in [0.3, 0.4) is 0 Å². The molecule has 3 rings (SSSR count). The molecule has 1 aromatic heterocycles. The standard InChI is InChI=1S/C19H13BrF3NO/c20-16-8-6-13(7-9-16)12-24-17(14-4-2-1-3-5-14)10-15(11-18(24)25)19(21,22)23/h1-11H,12H2. The molecule has 128 valence electrons. The van der Waals surface area contributed by atoms with Crippen LogP contribution in [0.5, 0.6) is 0 Å². The smallest absolute Gasteiger partial charge is 0.304 e. The highest BCUT2D eigenvalue weighted by atomic mass is 79.9. The zero-order valence-electron chi connectivity index (χ0n) is 12.9. The van der Waals surface area contributed by atoms with Gasteiger partial charge in [0.15, 0.2) is 0 Å². The molecule has 0 fully saturated rings. The number of halogens is 4. The van der Waals surface area contributed by atoms with Crippen LogP contribution >= 0.6 is 15.9 Å². The van der Waals surface area contributed by atoms with E-state index in [9.17, 15) is 18.0 Å². The van der Waals surface area contributed by atoms with Gasteiger partial charge in [-0.25, -0.2) is 0 Å². The lowest BCUT2D eigenvalue weighted by atomic mass is 10.1. The number of aromatic nitrogens is 1. The quantitative estimate of drug-likeness (QED) is 0.573. The van der Waals surface area contributed by atoms with E-state index in [0.717, 1.165) is 16.1 Å². The third kappa shape index (κ3) is 4.02. The molecule has 0 aliphatic rings. The largest absolute Gasteiger partial charge is 0.416 e. The summed E-state index contributed by atoms with van der Waals surface area (Å²) in [6.45, 7) is 0.189. The molecule has 2 nitrogen and oxygen atoms in total. The Hall–Kier alpha value is -2.34. The maximum Gasteiger partial charge on any atom is 0.416 e. The van der Waals surface area contributed by atoms with Gasteiger partial charge in [-0.3, -0.25) is 4.79 Å². The van der Waals surface area contributed by atoms with Gasteiger partial charge in [-0.05, 0) is 29.3 Å². The third-order valence-electron chi connectivity index (χ3n) is 3.78. The molecule has 0 saturated heterocycles. The van der Waals surface area contributed by atoms with Crippen LogP contribution < -0.4 is 5.56 Å². The summed E-state index contributed by atoms with van der Waals surface area (Å²) in [5.41, 5.74) is -0.00611. The Kier molecular flexibility index (Phi) is 4.81. The Morgan fingerprint density at radius 2 is 1.56 bits per heavy atom. The van der Waals surface area contributed by atoms with E-state index in [2.05, 4.69) is 15.9 Å². The first kappa shape index (κ1) is 17.5. The molecule has 0 N–H and O–H groups in total. The first-order valence-corrected chi connectivity index (χ1v) is 8.26. The van der Waals surface area contributed by atoms with Crippen molar-refractivity contribution in [3.63, 3.8) is 0 Å². The van der Waals surface area contributed by atoms with Crippen molar-refractivity contribution in [3.05, 3.63) is 92.7 Å². The molecule has 0 radical (unpaired) electrons. The van der Waals surface area contributed by atoms with Gasteiger partial charge in [-0.2, -0.15) is 13.2 Å². The molecule has 2 aromatic carbocycles. The Bertz CT molecular complexity index is 932. The van der Waals surface area contributed by atoms with E-state index in [1.807, 2.05) is 24.3 Å². The number of pyridine rings is 1. The normalized spacial score (nSPS) is 11.5. The van der Waals surface area contributed by atoms with Gasteiger partial charge in [0.05, 0.1) is 17.8 Å².